The van der Waals surface area contributed by atoms with Gasteiger partial charge in [0.1, 0.15) is 6.10 Å². The lowest BCUT2D eigenvalue weighted by Gasteiger charge is -2.15. The molecule has 0 saturated carbocycles. The topological polar surface area (TPSA) is 55.8 Å². The summed E-state index contributed by atoms with van der Waals surface area (Å²) in [7, 11) is 1.25. The van der Waals surface area contributed by atoms with Gasteiger partial charge in [0.25, 0.3) is 0 Å². The lowest BCUT2D eigenvalue weighted by atomic mass is 10.2. The third kappa shape index (κ3) is 1.25. The van der Waals surface area contributed by atoms with Gasteiger partial charge in [-0.1, -0.05) is 0 Å². The van der Waals surface area contributed by atoms with Crippen molar-refractivity contribution in [3.05, 3.63) is 0 Å². The Morgan fingerprint density at radius 3 is 3.15 bits per heavy atom. The van der Waals surface area contributed by atoms with Gasteiger partial charge in [0.15, 0.2) is 0 Å². The fraction of sp³-hybridized carbons (Fsp3) is 0.714. The Bertz CT molecular complexity index is 249. The predicted molar refractivity (Wildman–Crippen MR) is 45.6 cm³/mol. The highest BCUT2D eigenvalue weighted by Crippen LogP contribution is 2.31. The van der Waals surface area contributed by atoms with Gasteiger partial charge in [-0.15, -0.1) is 0 Å². The zero-order valence-corrected chi connectivity index (χ0v) is 7.87. The van der Waals surface area contributed by atoms with Crippen LogP contribution in [0.4, 0.5) is 9.59 Å². The highest BCUT2D eigenvalue weighted by molar-refractivity contribution is 7.99. The average Bonchev–Trinajstić information content (AvgIpc) is 2.62. The van der Waals surface area contributed by atoms with Crippen LogP contribution in [-0.2, 0) is 9.47 Å². The van der Waals surface area contributed by atoms with Gasteiger partial charge in [0, 0.05) is 11.5 Å². The molecular weight excluding hydrogens is 194 g/mol. The molecule has 2 fully saturated rings. The van der Waals surface area contributed by atoms with E-state index < -0.39 is 12.2 Å². The molecule has 5 nitrogen and oxygen atoms in total. The molecule has 2 unspecified atom stereocenters. The summed E-state index contributed by atoms with van der Waals surface area (Å²) in [5.74, 6) is 1.51. The lowest BCUT2D eigenvalue weighted by molar-refractivity contribution is 0.120. The number of ether oxygens (including phenoxy) is 2. The van der Waals surface area contributed by atoms with Gasteiger partial charge in [-0.3, -0.25) is 0 Å². The van der Waals surface area contributed by atoms with Crippen molar-refractivity contribution < 1.29 is 19.1 Å². The number of imide groups is 1. The van der Waals surface area contributed by atoms with E-state index in [1.54, 1.807) is 11.8 Å². The fourth-order valence-corrected chi connectivity index (χ4v) is 2.77. The van der Waals surface area contributed by atoms with Crippen LogP contribution in [0.1, 0.15) is 0 Å². The first-order valence-electron chi connectivity index (χ1n) is 3.89. The third-order valence-electron chi connectivity index (χ3n) is 2.15. The van der Waals surface area contributed by atoms with E-state index in [2.05, 4.69) is 4.74 Å². The van der Waals surface area contributed by atoms with Crippen molar-refractivity contribution in [1.82, 2.24) is 4.90 Å². The van der Waals surface area contributed by atoms with Crippen molar-refractivity contribution >= 4 is 23.9 Å². The van der Waals surface area contributed by atoms with E-state index in [9.17, 15) is 9.59 Å². The molecule has 0 N–H and O–H groups in total. The molecule has 0 aromatic rings. The Kier molecular flexibility index (Phi) is 2.07. The Labute approximate surface area is 79.4 Å². The number of nitrogens with zero attached hydrogens (tertiary/aromatic N) is 1. The monoisotopic (exact) mass is 203 g/mol. The van der Waals surface area contributed by atoms with Crippen LogP contribution in [0.2, 0.25) is 0 Å². The summed E-state index contributed by atoms with van der Waals surface area (Å²) in [6.45, 7) is 0. The number of rotatable bonds is 0. The maximum Gasteiger partial charge on any atom is 0.420 e. The summed E-state index contributed by atoms with van der Waals surface area (Å²) in [6, 6.07) is -0.134. The number of fused-ring (bicyclic) bond motifs is 1. The highest BCUT2D eigenvalue weighted by Gasteiger charge is 2.48. The molecule has 2 aliphatic rings. The molecule has 2 saturated heterocycles. The molecule has 0 aliphatic carbocycles. The van der Waals surface area contributed by atoms with E-state index in [1.807, 2.05) is 0 Å². The highest BCUT2D eigenvalue weighted by atomic mass is 32.2. The number of hydrogen-bond acceptors (Lipinski definition) is 5. The molecular formula is C7H9NO4S. The van der Waals surface area contributed by atoms with Crippen LogP contribution in [0.15, 0.2) is 0 Å². The van der Waals surface area contributed by atoms with Crippen molar-refractivity contribution in [3.63, 3.8) is 0 Å². The molecule has 2 aliphatic heterocycles. The van der Waals surface area contributed by atoms with Gasteiger partial charge in [-0.05, 0) is 0 Å². The summed E-state index contributed by atoms with van der Waals surface area (Å²) in [5, 5.41) is 0. The first-order valence-corrected chi connectivity index (χ1v) is 5.05. The van der Waals surface area contributed by atoms with E-state index in [4.69, 9.17) is 4.74 Å². The van der Waals surface area contributed by atoms with Gasteiger partial charge in [0.2, 0.25) is 0 Å². The molecule has 0 spiro atoms. The number of amides is 2. The second-order valence-electron chi connectivity index (χ2n) is 2.87. The van der Waals surface area contributed by atoms with Crippen molar-refractivity contribution in [1.29, 1.82) is 0 Å². The minimum atomic E-state index is -0.625. The Hall–Kier alpha value is -0.910. The largest absolute Gasteiger partial charge is 0.452 e. The average molecular weight is 203 g/mol. The van der Waals surface area contributed by atoms with Crippen molar-refractivity contribution in [2.75, 3.05) is 18.6 Å². The Morgan fingerprint density at radius 1 is 1.69 bits per heavy atom. The zero-order valence-electron chi connectivity index (χ0n) is 7.06. The molecule has 2 heterocycles. The normalized spacial score (nSPS) is 31.5. The van der Waals surface area contributed by atoms with Crippen LogP contribution in [-0.4, -0.2) is 47.8 Å². The lowest BCUT2D eigenvalue weighted by Crippen LogP contribution is -2.40. The fourth-order valence-electron chi connectivity index (χ4n) is 1.51. The minimum absolute atomic E-state index is 0.134. The van der Waals surface area contributed by atoms with Gasteiger partial charge in [0.05, 0.1) is 13.2 Å². The molecule has 0 bridgehead atoms. The number of methoxy groups -OCH3 is 1. The second kappa shape index (κ2) is 3.10. The van der Waals surface area contributed by atoms with Crippen LogP contribution in [0, 0.1) is 0 Å². The third-order valence-corrected chi connectivity index (χ3v) is 3.29. The van der Waals surface area contributed by atoms with Gasteiger partial charge in [-0.25, -0.2) is 14.5 Å². The number of carbonyl (C=O) groups excluding carboxylic acids is 2. The van der Waals surface area contributed by atoms with Crippen LogP contribution in [0.25, 0.3) is 0 Å². The first-order chi connectivity index (χ1) is 6.24. The van der Waals surface area contributed by atoms with E-state index in [-0.39, 0.29) is 12.1 Å². The van der Waals surface area contributed by atoms with Gasteiger partial charge < -0.3 is 9.47 Å². The summed E-state index contributed by atoms with van der Waals surface area (Å²) >= 11 is 1.67. The maximum atomic E-state index is 11.2. The SMILES string of the molecule is COC(=O)N1C(=O)OC2CSCC21. The minimum Gasteiger partial charge on any atom is -0.452 e. The van der Waals surface area contributed by atoms with E-state index in [0.717, 1.165) is 16.4 Å². The predicted octanol–water partition coefficient (Wildman–Crippen LogP) is 0.689. The van der Waals surface area contributed by atoms with Crippen molar-refractivity contribution in [2.45, 2.75) is 12.1 Å². The molecule has 2 amide bonds. The van der Waals surface area contributed by atoms with Crippen LogP contribution in [0.3, 0.4) is 0 Å². The molecule has 2 atom stereocenters. The first kappa shape index (κ1) is 8.68. The van der Waals surface area contributed by atoms with Crippen molar-refractivity contribution in [3.8, 4) is 0 Å². The maximum absolute atomic E-state index is 11.2. The molecule has 6 heteroatoms. The molecule has 0 radical (unpaired) electrons. The molecule has 13 heavy (non-hydrogen) atoms. The van der Waals surface area contributed by atoms with Crippen molar-refractivity contribution in [2.24, 2.45) is 0 Å². The van der Waals surface area contributed by atoms with Crippen LogP contribution < -0.4 is 0 Å². The standard InChI is InChI=1S/C7H9NO4S/c1-11-6(9)8-4-2-13-3-5(4)12-7(8)10/h4-5H,2-3H2,1H3. The molecule has 0 aromatic heterocycles. The summed E-state index contributed by atoms with van der Waals surface area (Å²) in [4.78, 5) is 23.4. The quantitative estimate of drug-likeness (QED) is 0.579. The Morgan fingerprint density at radius 2 is 2.46 bits per heavy atom. The summed E-state index contributed by atoms with van der Waals surface area (Å²) in [5.41, 5.74) is 0. The Balaban J connectivity index is 2.16. The van der Waals surface area contributed by atoms with Crippen LogP contribution in [0.5, 0.6) is 0 Å². The van der Waals surface area contributed by atoms with E-state index >= 15 is 0 Å². The van der Waals surface area contributed by atoms with E-state index in [1.165, 1.54) is 7.11 Å². The van der Waals surface area contributed by atoms with Gasteiger partial charge in [-0.2, -0.15) is 11.8 Å². The smallest absolute Gasteiger partial charge is 0.420 e. The summed E-state index contributed by atoms with van der Waals surface area (Å²) in [6.07, 6.45) is -1.35. The van der Waals surface area contributed by atoms with E-state index in [0.29, 0.717) is 0 Å². The number of carbonyl (C=O) groups is 2. The second-order valence-corrected chi connectivity index (χ2v) is 3.94. The molecule has 2 rings (SSSR count). The zero-order chi connectivity index (χ0) is 9.42. The van der Waals surface area contributed by atoms with Crippen LogP contribution >= 0.6 is 11.8 Å². The summed E-state index contributed by atoms with van der Waals surface area (Å²) < 4.78 is 9.48. The molecule has 72 valence electrons. The van der Waals surface area contributed by atoms with Gasteiger partial charge >= 0.3 is 12.2 Å². The number of hydrogen-bond donors (Lipinski definition) is 0. The molecule has 0 aromatic carbocycles. The number of thioether (sulfide) groups is 1.